The second kappa shape index (κ2) is 14.9. The highest BCUT2D eigenvalue weighted by molar-refractivity contribution is 7.49. The Balaban J connectivity index is 1.43. The molecule has 1 atom stereocenters. The van der Waals surface area contributed by atoms with Gasteiger partial charge in [-0.1, -0.05) is 132 Å². The first kappa shape index (κ1) is 30.5. The van der Waals surface area contributed by atoms with E-state index in [1.165, 1.54) is 56.1 Å². The van der Waals surface area contributed by atoms with Crippen molar-refractivity contribution in [2.24, 2.45) is 0 Å². The topological polar surface area (TPSA) is 44.8 Å². The number of aryl methyl sites for hydroxylation is 1. The number of rotatable bonds is 16. The summed E-state index contributed by atoms with van der Waals surface area (Å²) < 4.78 is 31.7. The smallest absolute Gasteiger partial charge is 0.386 e. The molecule has 0 aliphatic rings. The van der Waals surface area contributed by atoms with E-state index < -0.39 is 7.82 Å². The van der Waals surface area contributed by atoms with E-state index >= 15 is 0 Å². The average Bonchev–Trinajstić information content (AvgIpc) is 2.98. The zero-order valence-electron chi connectivity index (χ0n) is 24.6. The molecule has 0 N–H and O–H groups in total. The molecule has 0 aliphatic carbocycles. The van der Waals surface area contributed by atoms with Crippen molar-refractivity contribution in [2.75, 3.05) is 0 Å². The first-order valence-corrected chi connectivity index (χ1v) is 16.3. The zero-order valence-corrected chi connectivity index (χ0v) is 25.5. The molecule has 0 saturated heterocycles. The van der Waals surface area contributed by atoms with Crippen LogP contribution in [0.25, 0.3) is 0 Å². The Bertz CT molecular complexity index is 1350. The Morgan fingerprint density at radius 3 is 1.54 bits per heavy atom. The Morgan fingerprint density at radius 1 is 0.537 bits per heavy atom. The van der Waals surface area contributed by atoms with E-state index in [1.807, 2.05) is 84.9 Å². The summed E-state index contributed by atoms with van der Waals surface area (Å²) in [5.41, 5.74) is 3.37. The van der Waals surface area contributed by atoms with Gasteiger partial charge in [0.25, 0.3) is 0 Å². The van der Waals surface area contributed by atoms with Crippen LogP contribution in [0.4, 0.5) is 0 Å². The quantitative estimate of drug-likeness (QED) is 0.0993. The second-order valence-electron chi connectivity index (χ2n) is 11.1. The lowest BCUT2D eigenvalue weighted by atomic mass is 9.78. The Labute approximate surface area is 246 Å². The number of phosphoric acid groups is 1. The molecule has 0 aromatic heterocycles. The molecule has 1 unspecified atom stereocenters. The second-order valence-corrected chi connectivity index (χ2v) is 12.5. The standard InChI is InChI=1S/C36H43O4P/c1-4-5-6-7-8-9-12-17-30-22-26-34(27-23-30)39-41(37,38-33-20-15-11-16-21-33)40-35-28-24-32(25-29-35)36(2,3)31-18-13-10-14-19-31/h10-11,13-16,18-29H,4-9,12,17H2,1-3H3. The number of para-hydroxylation sites is 1. The predicted molar refractivity (Wildman–Crippen MR) is 169 cm³/mol. The molecular weight excluding hydrogens is 527 g/mol. The summed E-state index contributed by atoms with van der Waals surface area (Å²) >= 11 is 0. The van der Waals surface area contributed by atoms with Crippen molar-refractivity contribution in [1.82, 2.24) is 0 Å². The molecule has 5 heteroatoms. The van der Waals surface area contributed by atoms with Crippen molar-refractivity contribution in [3.05, 3.63) is 126 Å². The van der Waals surface area contributed by atoms with E-state index in [1.54, 1.807) is 12.1 Å². The van der Waals surface area contributed by atoms with Gasteiger partial charge in [0.1, 0.15) is 17.2 Å². The van der Waals surface area contributed by atoms with Crippen molar-refractivity contribution in [2.45, 2.75) is 77.6 Å². The number of benzene rings is 4. The van der Waals surface area contributed by atoms with Gasteiger partial charge < -0.3 is 13.6 Å². The lowest BCUT2D eigenvalue weighted by Crippen LogP contribution is -2.18. The van der Waals surface area contributed by atoms with Crippen molar-refractivity contribution >= 4 is 7.82 Å². The molecule has 216 valence electrons. The number of unbranched alkanes of at least 4 members (excludes halogenated alkanes) is 6. The molecule has 0 amide bonds. The minimum Gasteiger partial charge on any atom is -0.386 e. The first-order valence-electron chi connectivity index (χ1n) is 14.9. The van der Waals surface area contributed by atoms with Crippen LogP contribution in [0.2, 0.25) is 0 Å². The van der Waals surface area contributed by atoms with Gasteiger partial charge in [0.15, 0.2) is 0 Å². The molecule has 0 spiro atoms. The summed E-state index contributed by atoms with van der Waals surface area (Å²) in [5.74, 6) is 1.26. The van der Waals surface area contributed by atoms with Crippen LogP contribution >= 0.6 is 7.82 Å². The van der Waals surface area contributed by atoms with E-state index in [4.69, 9.17) is 13.6 Å². The predicted octanol–water partition coefficient (Wildman–Crippen LogP) is 11.0. The third-order valence-electron chi connectivity index (χ3n) is 7.46. The van der Waals surface area contributed by atoms with Crippen LogP contribution in [0.1, 0.15) is 82.4 Å². The van der Waals surface area contributed by atoms with Crippen LogP contribution in [-0.4, -0.2) is 0 Å². The number of phosphoric ester groups is 1. The lowest BCUT2D eigenvalue weighted by Gasteiger charge is -2.26. The Kier molecular flexibility index (Phi) is 11.1. The van der Waals surface area contributed by atoms with Gasteiger partial charge in [-0.2, -0.15) is 4.57 Å². The van der Waals surface area contributed by atoms with Crippen LogP contribution in [0.15, 0.2) is 109 Å². The third kappa shape index (κ3) is 9.26. The van der Waals surface area contributed by atoms with Crippen LogP contribution < -0.4 is 13.6 Å². The fourth-order valence-corrected chi connectivity index (χ4v) is 6.13. The largest absolute Gasteiger partial charge is 0.647 e. The number of hydrogen-bond donors (Lipinski definition) is 0. The molecule has 0 aliphatic heterocycles. The van der Waals surface area contributed by atoms with Crippen LogP contribution in [0, 0.1) is 0 Å². The minimum atomic E-state index is -4.05. The molecule has 0 fully saturated rings. The van der Waals surface area contributed by atoms with Crippen molar-refractivity contribution in [1.29, 1.82) is 0 Å². The van der Waals surface area contributed by atoms with Gasteiger partial charge in [-0.15, -0.1) is 0 Å². The zero-order chi connectivity index (χ0) is 29.0. The van der Waals surface area contributed by atoms with E-state index in [-0.39, 0.29) is 5.41 Å². The fourth-order valence-electron chi connectivity index (χ4n) is 4.88. The molecule has 0 saturated carbocycles. The lowest BCUT2D eigenvalue weighted by molar-refractivity contribution is 0.298. The maximum atomic E-state index is 14.0. The SMILES string of the molecule is CCCCCCCCCc1ccc(OP(=O)(Oc2ccccc2)Oc2ccc(C(C)(C)c3ccccc3)cc2)cc1. The van der Waals surface area contributed by atoms with Crippen LogP contribution in [0.3, 0.4) is 0 Å². The van der Waals surface area contributed by atoms with E-state index in [0.717, 1.165) is 12.0 Å². The Morgan fingerprint density at radius 2 is 0.976 bits per heavy atom. The van der Waals surface area contributed by atoms with Gasteiger partial charge in [0.05, 0.1) is 0 Å². The molecular formula is C36H43O4P. The summed E-state index contributed by atoms with van der Waals surface area (Å²) in [6, 6.07) is 34.7. The molecule has 4 aromatic carbocycles. The van der Waals surface area contributed by atoms with Gasteiger partial charge in [0.2, 0.25) is 0 Å². The fraction of sp³-hybridized carbons (Fsp3) is 0.333. The molecule has 0 heterocycles. The molecule has 4 aromatic rings. The average molecular weight is 571 g/mol. The van der Waals surface area contributed by atoms with E-state index in [2.05, 4.69) is 32.9 Å². The first-order chi connectivity index (χ1) is 19.9. The number of hydrogen-bond acceptors (Lipinski definition) is 4. The van der Waals surface area contributed by atoms with Gasteiger partial charge in [-0.3, -0.25) is 0 Å². The van der Waals surface area contributed by atoms with Crippen LogP contribution in [0.5, 0.6) is 17.2 Å². The highest BCUT2D eigenvalue weighted by atomic mass is 31.2. The summed E-state index contributed by atoms with van der Waals surface area (Å²) in [6.45, 7) is 6.61. The van der Waals surface area contributed by atoms with E-state index in [0.29, 0.717) is 17.2 Å². The maximum absolute atomic E-state index is 14.0. The van der Waals surface area contributed by atoms with Gasteiger partial charge in [-0.05, 0) is 65.9 Å². The Hall–Kier alpha value is -3.49. The molecule has 0 bridgehead atoms. The minimum absolute atomic E-state index is 0.197. The maximum Gasteiger partial charge on any atom is 0.647 e. The van der Waals surface area contributed by atoms with Gasteiger partial charge in [-0.25, -0.2) is 0 Å². The van der Waals surface area contributed by atoms with Gasteiger partial charge in [0, 0.05) is 5.41 Å². The van der Waals surface area contributed by atoms with Crippen LogP contribution in [-0.2, 0) is 16.4 Å². The van der Waals surface area contributed by atoms with Crippen molar-refractivity contribution < 1.29 is 18.1 Å². The third-order valence-corrected chi connectivity index (χ3v) is 8.76. The highest BCUT2D eigenvalue weighted by Gasteiger charge is 2.33. The molecule has 4 rings (SSSR count). The van der Waals surface area contributed by atoms with Gasteiger partial charge >= 0.3 is 7.82 Å². The summed E-state index contributed by atoms with van der Waals surface area (Å²) in [6.07, 6.45) is 10.0. The molecule has 41 heavy (non-hydrogen) atoms. The highest BCUT2D eigenvalue weighted by Crippen LogP contribution is 2.50. The normalized spacial score (nSPS) is 12.9. The van der Waals surface area contributed by atoms with E-state index in [9.17, 15) is 4.57 Å². The molecule has 0 radical (unpaired) electrons. The summed E-state index contributed by atoms with van der Waals surface area (Å²) in [7, 11) is -4.05. The monoisotopic (exact) mass is 570 g/mol. The van der Waals surface area contributed by atoms with Crippen molar-refractivity contribution in [3.8, 4) is 17.2 Å². The summed E-state index contributed by atoms with van der Waals surface area (Å²) in [4.78, 5) is 0. The summed E-state index contributed by atoms with van der Waals surface area (Å²) in [5, 5.41) is 0. The van der Waals surface area contributed by atoms with Crippen molar-refractivity contribution in [3.63, 3.8) is 0 Å². The molecule has 4 nitrogen and oxygen atoms in total.